The maximum absolute atomic E-state index is 13.1. The number of aromatic nitrogens is 2. The molecule has 1 aromatic carbocycles. The largest absolute Gasteiger partial charge is 0.342 e. The molecule has 3 heterocycles. The third-order valence-corrected chi connectivity index (χ3v) is 6.90. The smallest absolute Gasteiger partial charge is 0.238 e. The van der Waals surface area contributed by atoms with Gasteiger partial charge in [0, 0.05) is 38.3 Å². The Hall–Kier alpha value is -2.80. The van der Waals surface area contributed by atoms with Crippen molar-refractivity contribution < 1.29 is 9.59 Å². The summed E-state index contributed by atoms with van der Waals surface area (Å²) in [6, 6.07) is 11.9. The summed E-state index contributed by atoms with van der Waals surface area (Å²) < 4.78 is 0. The predicted molar refractivity (Wildman–Crippen MR) is 125 cm³/mol. The lowest BCUT2D eigenvalue weighted by Crippen LogP contribution is -2.51. The first-order valence-corrected chi connectivity index (χ1v) is 11.8. The van der Waals surface area contributed by atoms with E-state index in [0.29, 0.717) is 30.7 Å². The number of benzene rings is 1. The molecule has 0 radical (unpaired) electrons. The second kappa shape index (κ2) is 10.2. The molecule has 2 aliphatic rings. The lowest BCUT2D eigenvalue weighted by molar-refractivity contribution is -0.136. The number of anilines is 2. The van der Waals surface area contributed by atoms with Gasteiger partial charge in [-0.1, -0.05) is 26.0 Å². The highest BCUT2D eigenvalue weighted by atomic mass is 16.2. The van der Waals surface area contributed by atoms with Gasteiger partial charge in [-0.25, -0.2) is 0 Å². The van der Waals surface area contributed by atoms with Gasteiger partial charge in [-0.3, -0.25) is 14.5 Å². The second-order valence-electron chi connectivity index (χ2n) is 8.82. The number of hydrogen-bond donors (Lipinski definition) is 1. The average molecular weight is 436 g/mol. The molecule has 2 saturated heterocycles. The van der Waals surface area contributed by atoms with Gasteiger partial charge in [0.05, 0.1) is 11.6 Å². The summed E-state index contributed by atoms with van der Waals surface area (Å²) in [6.07, 6.45) is 5.39. The molecule has 7 heteroatoms. The van der Waals surface area contributed by atoms with Crippen LogP contribution in [0.1, 0.15) is 51.0 Å². The van der Waals surface area contributed by atoms with Crippen molar-refractivity contribution in [2.24, 2.45) is 11.8 Å². The fourth-order valence-corrected chi connectivity index (χ4v) is 4.66. The van der Waals surface area contributed by atoms with E-state index in [2.05, 4.69) is 41.5 Å². The van der Waals surface area contributed by atoms with E-state index in [-0.39, 0.29) is 17.7 Å². The van der Waals surface area contributed by atoms with E-state index in [0.717, 1.165) is 44.5 Å². The van der Waals surface area contributed by atoms with Crippen LogP contribution in [-0.4, -0.2) is 53.1 Å². The van der Waals surface area contributed by atoms with Crippen molar-refractivity contribution in [2.75, 3.05) is 31.1 Å². The molecule has 0 bridgehead atoms. The Kier molecular flexibility index (Phi) is 7.15. The minimum atomic E-state index is -0.0337. The van der Waals surface area contributed by atoms with Gasteiger partial charge in [0.25, 0.3) is 0 Å². The fraction of sp³-hybridized carbons (Fsp3) is 0.520. The molecular weight excluding hydrogens is 402 g/mol. The Morgan fingerprint density at radius 2 is 1.78 bits per heavy atom. The minimum Gasteiger partial charge on any atom is -0.342 e. The Bertz CT molecular complexity index is 902. The topological polar surface area (TPSA) is 78.4 Å². The van der Waals surface area contributed by atoms with Crippen molar-refractivity contribution in [1.82, 2.24) is 20.4 Å². The maximum Gasteiger partial charge on any atom is 0.238 e. The van der Waals surface area contributed by atoms with Gasteiger partial charge in [0.1, 0.15) is 0 Å². The molecular formula is C25H33N5O2. The summed E-state index contributed by atoms with van der Waals surface area (Å²) in [4.78, 5) is 29.5. The molecule has 0 unspecified atom stereocenters. The van der Waals surface area contributed by atoms with E-state index >= 15 is 0 Å². The molecule has 1 aromatic heterocycles. The normalized spacial score (nSPS) is 17.3. The van der Waals surface area contributed by atoms with Crippen LogP contribution in [0.4, 0.5) is 11.5 Å². The van der Waals surface area contributed by atoms with Crippen LogP contribution in [0.25, 0.3) is 0 Å². The van der Waals surface area contributed by atoms with Crippen LogP contribution in [0, 0.1) is 11.8 Å². The highest BCUT2D eigenvalue weighted by Crippen LogP contribution is 2.32. The van der Waals surface area contributed by atoms with Gasteiger partial charge < -0.3 is 10.2 Å². The minimum absolute atomic E-state index is 0.0337. The van der Waals surface area contributed by atoms with Crippen molar-refractivity contribution in [3.63, 3.8) is 0 Å². The monoisotopic (exact) mass is 435 g/mol. The summed E-state index contributed by atoms with van der Waals surface area (Å²) >= 11 is 0. The van der Waals surface area contributed by atoms with Crippen LogP contribution in [0.15, 0.2) is 42.6 Å². The van der Waals surface area contributed by atoms with Crippen molar-refractivity contribution >= 4 is 23.3 Å². The molecule has 32 heavy (non-hydrogen) atoms. The third-order valence-electron chi connectivity index (χ3n) is 6.90. The van der Waals surface area contributed by atoms with Crippen LogP contribution in [0.3, 0.4) is 0 Å². The Labute approximate surface area is 190 Å². The average Bonchev–Trinajstić information content (AvgIpc) is 2.80. The molecule has 2 amide bonds. The Balaban J connectivity index is 1.45. The van der Waals surface area contributed by atoms with E-state index < -0.39 is 0 Å². The molecule has 170 valence electrons. The lowest BCUT2D eigenvalue weighted by Gasteiger charge is -2.34. The van der Waals surface area contributed by atoms with Gasteiger partial charge in [-0.05, 0) is 61.4 Å². The first kappa shape index (κ1) is 22.4. The summed E-state index contributed by atoms with van der Waals surface area (Å²) in [5, 5.41) is 11.3. The molecule has 2 aromatic rings. The van der Waals surface area contributed by atoms with Gasteiger partial charge in [-0.15, -0.1) is 5.10 Å². The van der Waals surface area contributed by atoms with Crippen molar-refractivity contribution in [1.29, 1.82) is 0 Å². The van der Waals surface area contributed by atoms with Crippen molar-refractivity contribution in [3.05, 3.63) is 48.2 Å². The van der Waals surface area contributed by atoms with Crippen LogP contribution < -0.4 is 10.2 Å². The molecule has 1 N–H and O–H groups in total. The molecule has 2 fully saturated rings. The standard InChI is InChI=1S/C25H33N5O2/c1-3-18(4-2)24(31)29-14-11-20(12-15-29)19-7-9-22(10-8-19)30(23-6-5-13-27-28-23)25(32)21-16-26-17-21/h5-10,13,18,20-21,26H,3-4,11-12,14-17H2,1-2H3. The maximum atomic E-state index is 13.1. The van der Waals surface area contributed by atoms with Gasteiger partial charge >= 0.3 is 0 Å². The van der Waals surface area contributed by atoms with E-state index in [4.69, 9.17) is 0 Å². The number of amides is 2. The third kappa shape index (κ3) is 4.67. The summed E-state index contributed by atoms with van der Waals surface area (Å²) in [7, 11) is 0. The predicted octanol–water partition coefficient (Wildman–Crippen LogP) is 3.50. The zero-order valence-electron chi connectivity index (χ0n) is 19.0. The fourth-order valence-electron chi connectivity index (χ4n) is 4.66. The number of piperidine rings is 1. The number of nitrogens with one attached hydrogen (secondary N) is 1. The number of carbonyl (C=O) groups excluding carboxylic acids is 2. The van der Waals surface area contributed by atoms with Crippen LogP contribution in [0.5, 0.6) is 0 Å². The highest BCUT2D eigenvalue weighted by molar-refractivity contribution is 6.01. The molecule has 0 atom stereocenters. The molecule has 2 aliphatic heterocycles. The number of carbonyl (C=O) groups is 2. The molecule has 7 nitrogen and oxygen atoms in total. The molecule has 0 saturated carbocycles. The highest BCUT2D eigenvalue weighted by Gasteiger charge is 2.32. The Morgan fingerprint density at radius 1 is 1.09 bits per heavy atom. The zero-order valence-corrected chi connectivity index (χ0v) is 19.0. The number of hydrogen-bond acceptors (Lipinski definition) is 5. The molecule has 0 spiro atoms. The van der Waals surface area contributed by atoms with Crippen molar-refractivity contribution in [2.45, 2.75) is 45.4 Å². The number of likely N-dealkylation sites (tertiary alicyclic amines) is 1. The summed E-state index contributed by atoms with van der Waals surface area (Å²) in [5.41, 5.74) is 2.08. The first-order valence-electron chi connectivity index (χ1n) is 11.8. The number of rotatable bonds is 7. The van der Waals surface area contributed by atoms with E-state index in [1.807, 2.05) is 23.1 Å². The molecule has 0 aliphatic carbocycles. The first-order chi connectivity index (χ1) is 15.6. The quantitative estimate of drug-likeness (QED) is 0.720. The van der Waals surface area contributed by atoms with Crippen LogP contribution in [-0.2, 0) is 9.59 Å². The van der Waals surface area contributed by atoms with Gasteiger partial charge in [0.2, 0.25) is 11.8 Å². The van der Waals surface area contributed by atoms with E-state index in [1.165, 1.54) is 5.56 Å². The SMILES string of the molecule is CCC(CC)C(=O)N1CCC(c2ccc(N(C(=O)C3CNC3)c3cccnn3)cc2)CC1. The van der Waals surface area contributed by atoms with E-state index in [1.54, 1.807) is 17.2 Å². The zero-order chi connectivity index (χ0) is 22.5. The van der Waals surface area contributed by atoms with Gasteiger partial charge in [-0.2, -0.15) is 5.10 Å². The summed E-state index contributed by atoms with van der Waals surface area (Å²) in [5.74, 6) is 1.46. The lowest BCUT2D eigenvalue weighted by atomic mass is 9.88. The second-order valence-corrected chi connectivity index (χ2v) is 8.82. The number of nitrogens with zero attached hydrogens (tertiary/aromatic N) is 4. The molecule has 4 rings (SSSR count). The Morgan fingerprint density at radius 3 is 2.31 bits per heavy atom. The van der Waals surface area contributed by atoms with Crippen LogP contribution >= 0.6 is 0 Å². The summed E-state index contributed by atoms with van der Waals surface area (Å²) in [6.45, 7) is 7.22. The van der Waals surface area contributed by atoms with E-state index in [9.17, 15) is 9.59 Å². The van der Waals surface area contributed by atoms with Crippen LogP contribution in [0.2, 0.25) is 0 Å². The van der Waals surface area contributed by atoms with Crippen molar-refractivity contribution in [3.8, 4) is 0 Å². The van der Waals surface area contributed by atoms with Gasteiger partial charge in [0.15, 0.2) is 5.82 Å².